The molecule has 0 aromatic carbocycles. The van der Waals surface area contributed by atoms with Gasteiger partial charge in [-0.25, -0.2) is 14.2 Å². The van der Waals surface area contributed by atoms with Gasteiger partial charge in [0.05, 0.1) is 23.6 Å². The SMILES string of the molecule is Cn1ncc(C(=O)NC2C3CC4CC2CC(O)(C4)C3)c1-n1cccn1.Cn1ncc(C(=O)O)c1-n1cccn1.NC1C2CC3CC1CC(O)(C3)C2. The smallest absolute Gasteiger partial charge is 0.341 e. The Hall–Kier alpha value is -4.34. The van der Waals surface area contributed by atoms with Crippen LogP contribution < -0.4 is 11.1 Å². The number of nitrogens with zero attached hydrogens (tertiary/aromatic N) is 8. The minimum absolute atomic E-state index is 0.0944. The number of aliphatic hydroxyl groups is 2. The number of nitrogens with one attached hydrogen (secondary N) is 1. The van der Waals surface area contributed by atoms with Gasteiger partial charge in [-0.3, -0.25) is 14.2 Å². The van der Waals surface area contributed by atoms with Crippen LogP contribution in [0.5, 0.6) is 0 Å². The Morgan fingerprint density at radius 3 is 1.63 bits per heavy atom. The van der Waals surface area contributed by atoms with Gasteiger partial charge in [-0.2, -0.15) is 20.4 Å². The second-order valence-electron chi connectivity index (χ2n) is 16.2. The van der Waals surface area contributed by atoms with Crippen LogP contribution in [0.2, 0.25) is 0 Å². The molecule has 4 unspecified atom stereocenters. The number of aryl methyl sites for hydroxylation is 2. The number of amides is 1. The fourth-order valence-corrected chi connectivity index (χ4v) is 11.0. The zero-order valence-corrected chi connectivity index (χ0v) is 29.1. The molecule has 4 heterocycles. The Balaban J connectivity index is 0.000000121. The van der Waals surface area contributed by atoms with Crippen molar-refractivity contribution in [2.75, 3.05) is 0 Å². The molecule has 8 bridgehead atoms. The zero-order chi connectivity index (χ0) is 35.7. The second-order valence-corrected chi connectivity index (χ2v) is 16.2. The van der Waals surface area contributed by atoms with E-state index in [9.17, 15) is 19.8 Å². The van der Waals surface area contributed by atoms with Gasteiger partial charge < -0.3 is 26.4 Å². The van der Waals surface area contributed by atoms with Gasteiger partial charge >= 0.3 is 5.97 Å². The van der Waals surface area contributed by atoms with Crippen molar-refractivity contribution in [2.24, 2.45) is 55.3 Å². The molecule has 15 nitrogen and oxygen atoms in total. The highest BCUT2D eigenvalue weighted by Gasteiger charge is 2.55. The van der Waals surface area contributed by atoms with E-state index in [0.717, 1.165) is 57.3 Å². The highest BCUT2D eigenvalue weighted by Crippen LogP contribution is 2.56. The first-order valence-electron chi connectivity index (χ1n) is 18.2. The molecule has 4 aromatic heterocycles. The minimum Gasteiger partial charge on any atom is -0.477 e. The number of carboxylic acid groups (broad SMARTS) is 1. The summed E-state index contributed by atoms with van der Waals surface area (Å²) in [6, 6.07) is 4.11. The van der Waals surface area contributed by atoms with Crippen molar-refractivity contribution in [3.63, 3.8) is 0 Å². The lowest BCUT2D eigenvalue weighted by Crippen LogP contribution is -2.61. The first kappa shape index (κ1) is 33.8. The van der Waals surface area contributed by atoms with Gasteiger partial charge in [0.1, 0.15) is 11.1 Å². The van der Waals surface area contributed by atoms with E-state index in [1.807, 2.05) is 19.3 Å². The highest BCUT2D eigenvalue weighted by atomic mass is 16.4. The van der Waals surface area contributed by atoms with Crippen LogP contribution in [0.4, 0.5) is 0 Å². The van der Waals surface area contributed by atoms with Crippen molar-refractivity contribution in [3.8, 4) is 11.6 Å². The summed E-state index contributed by atoms with van der Waals surface area (Å²) in [5, 5.41) is 49.3. The lowest BCUT2D eigenvalue weighted by Gasteiger charge is -2.58. The van der Waals surface area contributed by atoms with Gasteiger partial charge in [-0.05, 0) is 112 Å². The molecule has 4 atom stereocenters. The molecule has 0 aliphatic heterocycles. The molecule has 6 N–H and O–H groups in total. The number of carbonyl (C=O) groups is 2. The van der Waals surface area contributed by atoms with Crippen molar-refractivity contribution in [1.29, 1.82) is 0 Å². The average molecular weight is 701 g/mol. The molecule has 4 aromatic rings. The van der Waals surface area contributed by atoms with E-state index in [1.165, 1.54) is 28.4 Å². The molecule has 15 heteroatoms. The number of aromatic carboxylic acids is 1. The molecule has 51 heavy (non-hydrogen) atoms. The number of carbonyl (C=O) groups excluding carboxylic acids is 1. The Morgan fingerprint density at radius 2 is 1.18 bits per heavy atom. The fraction of sp³-hybridized carbons (Fsp3) is 0.611. The Labute approximate surface area is 295 Å². The molecule has 12 rings (SSSR count). The Morgan fingerprint density at radius 1 is 0.725 bits per heavy atom. The molecule has 1 amide bonds. The third kappa shape index (κ3) is 6.29. The normalized spacial score (nSPS) is 35.2. The lowest BCUT2D eigenvalue weighted by atomic mass is 9.52. The van der Waals surface area contributed by atoms with Crippen LogP contribution in [0, 0.1) is 35.5 Å². The quantitative estimate of drug-likeness (QED) is 0.206. The van der Waals surface area contributed by atoms with Crippen LogP contribution in [0.3, 0.4) is 0 Å². The van der Waals surface area contributed by atoms with Gasteiger partial charge in [0.2, 0.25) is 0 Å². The monoisotopic (exact) mass is 700 g/mol. The molecular formula is C36H48N10O5. The number of aromatic nitrogens is 8. The van der Waals surface area contributed by atoms with Crippen molar-refractivity contribution >= 4 is 11.9 Å². The van der Waals surface area contributed by atoms with Crippen molar-refractivity contribution in [1.82, 2.24) is 44.4 Å². The fourth-order valence-electron chi connectivity index (χ4n) is 11.0. The van der Waals surface area contributed by atoms with Crippen molar-refractivity contribution in [3.05, 3.63) is 60.4 Å². The topological polar surface area (TPSA) is 204 Å². The molecular weight excluding hydrogens is 652 g/mol. The van der Waals surface area contributed by atoms with E-state index in [4.69, 9.17) is 10.8 Å². The van der Waals surface area contributed by atoms with Crippen molar-refractivity contribution < 1.29 is 24.9 Å². The average Bonchev–Trinajstić information content (AvgIpc) is 3.88. The first-order chi connectivity index (χ1) is 24.4. The Kier molecular flexibility index (Phi) is 8.42. The molecule has 0 radical (unpaired) electrons. The number of carboxylic acids is 1. The molecule has 272 valence electrons. The van der Waals surface area contributed by atoms with Gasteiger partial charge in [-0.1, -0.05) is 0 Å². The molecule has 8 aliphatic rings. The first-order valence-corrected chi connectivity index (χ1v) is 18.2. The van der Waals surface area contributed by atoms with Crippen LogP contribution in [-0.4, -0.2) is 89.6 Å². The zero-order valence-electron chi connectivity index (χ0n) is 29.1. The predicted molar refractivity (Wildman–Crippen MR) is 184 cm³/mol. The van der Waals surface area contributed by atoms with Gasteiger partial charge in [0, 0.05) is 51.0 Å². The summed E-state index contributed by atoms with van der Waals surface area (Å²) >= 11 is 0. The summed E-state index contributed by atoms with van der Waals surface area (Å²) in [7, 11) is 3.48. The van der Waals surface area contributed by atoms with Gasteiger partial charge in [0.25, 0.3) is 5.91 Å². The highest BCUT2D eigenvalue weighted by molar-refractivity contribution is 5.97. The van der Waals surface area contributed by atoms with Crippen molar-refractivity contribution in [2.45, 2.75) is 87.5 Å². The summed E-state index contributed by atoms with van der Waals surface area (Å²) in [6.45, 7) is 0. The van der Waals surface area contributed by atoms with Crippen LogP contribution in [0.15, 0.2) is 49.3 Å². The summed E-state index contributed by atoms with van der Waals surface area (Å²) in [6.07, 6.45) is 20.1. The van der Waals surface area contributed by atoms with Crippen LogP contribution in [0.25, 0.3) is 11.6 Å². The van der Waals surface area contributed by atoms with Gasteiger partial charge in [-0.15, -0.1) is 0 Å². The maximum absolute atomic E-state index is 13.0. The van der Waals surface area contributed by atoms with E-state index >= 15 is 0 Å². The Bertz CT molecular complexity index is 1850. The van der Waals surface area contributed by atoms with E-state index in [-0.39, 0.29) is 23.1 Å². The summed E-state index contributed by atoms with van der Waals surface area (Å²) in [5.41, 5.74) is 6.01. The molecule has 8 saturated carbocycles. The second kappa shape index (κ2) is 12.7. The number of nitrogens with two attached hydrogens (primary N) is 1. The predicted octanol–water partition coefficient (Wildman–Crippen LogP) is 2.46. The largest absolute Gasteiger partial charge is 0.477 e. The number of hydrogen-bond acceptors (Lipinski definition) is 9. The van der Waals surface area contributed by atoms with Crippen LogP contribution in [0.1, 0.15) is 84.9 Å². The third-order valence-electron chi connectivity index (χ3n) is 12.6. The summed E-state index contributed by atoms with van der Waals surface area (Å²) < 4.78 is 6.27. The van der Waals surface area contributed by atoms with E-state index in [1.54, 1.807) is 47.3 Å². The van der Waals surface area contributed by atoms with Crippen LogP contribution >= 0.6 is 0 Å². The lowest BCUT2D eigenvalue weighted by molar-refractivity contribution is -0.137. The molecule has 8 aliphatic carbocycles. The van der Waals surface area contributed by atoms with Crippen LogP contribution in [-0.2, 0) is 14.1 Å². The standard InChI is InChI=1S/C18H23N5O2.C10H17NO.C8H8N4O2/c1-22-17(23-4-2-3-19-23)14(10-20-22)16(24)21-15-12-5-11-6-13(15)9-18(25,7-11)8-12;11-9-7-1-6-2-8(9)5-10(12,3-6)4-7;1-11-7(12-4-2-3-9-12)6(5-10-11)8(13)14/h2-4,10-13,15,25H,5-9H2,1H3,(H,21,24);6-9,12H,1-5,11H2;2-5H,1H3,(H,13,14). The minimum atomic E-state index is -1.01. The summed E-state index contributed by atoms with van der Waals surface area (Å²) in [5.74, 6) is 3.51. The van der Waals surface area contributed by atoms with E-state index < -0.39 is 11.6 Å². The molecule has 0 saturated heterocycles. The van der Waals surface area contributed by atoms with E-state index in [2.05, 4.69) is 25.7 Å². The number of hydrogen-bond donors (Lipinski definition) is 5. The van der Waals surface area contributed by atoms with E-state index in [0.29, 0.717) is 52.8 Å². The number of rotatable bonds is 5. The maximum Gasteiger partial charge on any atom is 0.341 e. The third-order valence-corrected chi connectivity index (χ3v) is 12.6. The summed E-state index contributed by atoms with van der Waals surface area (Å²) in [4.78, 5) is 23.8. The van der Waals surface area contributed by atoms with Gasteiger partial charge in [0.15, 0.2) is 11.6 Å². The molecule has 8 fully saturated rings. The molecule has 0 spiro atoms. The maximum atomic E-state index is 13.0.